The van der Waals surface area contributed by atoms with E-state index in [2.05, 4.69) is 14.6 Å². The van der Waals surface area contributed by atoms with Gasteiger partial charge in [0.25, 0.3) is 0 Å². The van der Waals surface area contributed by atoms with E-state index in [9.17, 15) is 4.79 Å². The summed E-state index contributed by atoms with van der Waals surface area (Å²) in [5.74, 6) is -0.137. The summed E-state index contributed by atoms with van der Waals surface area (Å²) < 4.78 is 4.36. The Balaban J connectivity index is 0.000000490. The molecule has 0 radical (unpaired) electrons. The van der Waals surface area contributed by atoms with Crippen molar-refractivity contribution in [2.75, 3.05) is 0 Å². The van der Waals surface area contributed by atoms with E-state index in [4.69, 9.17) is 0 Å². The zero-order valence-electron chi connectivity index (χ0n) is 3.76. The predicted octanol–water partition coefficient (Wildman–Crippen LogP) is 0.307. The van der Waals surface area contributed by atoms with E-state index in [1.807, 2.05) is 0 Å². The third-order valence-corrected chi connectivity index (χ3v) is 0.545. The summed E-state index contributed by atoms with van der Waals surface area (Å²) in [6.45, 7) is 1.60. The van der Waals surface area contributed by atoms with Gasteiger partial charge in [-0.15, -0.1) is 5.10 Å². The largest absolute Gasteiger partial charge is 0.434 e. The highest BCUT2D eigenvalue weighted by molar-refractivity contribution is 4.61. The maximum Gasteiger partial charge on any atom is 0.434 e. The highest BCUT2D eigenvalue weighted by Gasteiger charge is 1.86. The molecule has 0 saturated heterocycles. The molecule has 4 nitrogen and oxygen atoms in total. The van der Waals surface area contributed by atoms with Crippen molar-refractivity contribution in [3.05, 3.63) is 16.4 Å². The molecule has 1 aromatic rings. The Kier molecular flexibility index (Phi) is 1.99. The first-order chi connectivity index (χ1) is 3.29. The zero-order valence-corrected chi connectivity index (χ0v) is 3.76. The molecule has 0 aliphatic rings. The van der Waals surface area contributed by atoms with Gasteiger partial charge in [0.2, 0.25) is 5.89 Å². The molecular weight excluding hydrogens is 108 g/mol. The lowest BCUT2D eigenvalue weighted by atomic mass is 10.8. The Morgan fingerprint density at radius 1 is 1.75 bits per heavy atom. The summed E-state index contributed by atoms with van der Waals surface area (Å²) in [5, 5.41) is 5.51. The van der Waals surface area contributed by atoms with Crippen LogP contribution in [0.3, 0.4) is 0 Å². The average molecular weight is 116 g/mol. The van der Waals surface area contributed by atoms with Crippen molar-refractivity contribution in [1.82, 2.24) is 10.2 Å². The molecule has 1 rings (SSSR count). The van der Waals surface area contributed by atoms with Gasteiger partial charge in [0.15, 0.2) is 0 Å². The van der Waals surface area contributed by atoms with Crippen LogP contribution in [-0.4, -0.2) is 10.2 Å². The van der Waals surface area contributed by atoms with Gasteiger partial charge in [-0.3, -0.25) is 0 Å². The van der Waals surface area contributed by atoms with Gasteiger partial charge in [0.1, 0.15) is 0 Å². The van der Waals surface area contributed by atoms with Gasteiger partial charge in [-0.25, -0.2) is 9.89 Å². The van der Waals surface area contributed by atoms with Crippen LogP contribution < -0.4 is 5.76 Å². The van der Waals surface area contributed by atoms with Gasteiger partial charge in [0, 0.05) is 6.92 Å². The van der Waals surface area contributed by atoms with Crippen LogP contribution in [0.25, 0.3) is 0 Å². The van der Waals surface area contributed by atoms with Crippen molar-refractivity contribution < 1.29 is 4.42 Å². The molecule has 46 valence electrons. The van der Waals surface area contributed by atoms with E-state index in [1.54, 1.807) is 6.92 Å². The van der Waals surface area contributed by atoms with Gasteiger partial charge in [-0.2, -0.15) is 0 Å². The predicted molar refractivity (Wildman–Crippen MR) is 28.6 cm³/mol. The first-order valence-electron chi connectivity index (χ1n) is 1.81. The molecule has 0 amide bonds. The molecule has 0 atom stereocenters. The Morgan fingerprint density at radius 2 is 2.38 bits per heavy atom. The highest BCUT2D eigenvalue weighted by Crippen LogP contribution is 1.76. The topological polar surface area (TPSA) is 58.9 Å². The summed E-state index contributed by atoms with van der Waals surface area (Å²) >= 11 is 0. The standard InChI is InChI=1S/C3H4N2O2.CH4/c1-2-4-5-3(6)7-2;/h1H3,(H,5,6);1H4. The van der Waals surface area contributed by atoms with Crippen molar-refractivity contribution in [2.45, 2.75) is 14.4 Å². The molecule has 0 unspecified atom stereocenters. The molecule has 0 fully saturated rings. The molecule has 8 heavy (non-hydrogen) atoms. The molecule has 0 saturated carbocycles. The van der Waals surface area contributed by atoms with Crippen LogP contribution in [0.4, 0.5) is 0 Å². The minimum atomic E-state index is -0.502. The lowest BCUT2D eigenvalue weighted by Crippen LogP contribution is -1.93. The molecule has 4 heteroatoms. The van der Waals surface area contributed by atoms with Crippen molar-refractivity contribution in [1.29, 1.82) is 0 Å². The second-order valence-electron chi connectivity index (χ2n) is 1.13. The maximum absolute atomic E-state index is 10.0. The van der Waals surface area contributed by atoms with Crippen LogP contribution in [0.15, 0.2) is 9.21 Å². The average Bonchev–Trinajstić information content (AvgIpc) is 1.87. The molecule has 0 aromatic carbocycles. The molecule has 0 spiro atoms. The number of nitrogens with one attached hydrogen (secondary N) is 1. The molecule has 1 heterocycles. The van der Waals surface area contributed by atoms with E-state index >= 15 is 0 Å². The molecule has 0 aliphatic carbocycles. The summed E-state index contributed by atoms with van der Waals surface area (Å²) in [7, 11) is 0. The summed E-state index contributed by atoms with van der Waals surface area (Å²) in [6.07, 6.45) is 0. The van der Waals surface area contributed by atoms with E-state index in [0.29, 0.717) is 5.89 Å². The highest BCUT2D eigenvalue weighted by atomic mass is 16.4. The molecule has 0 bridgehead atoms. The number of rotatable bonds is 0. The Hall–Kier alpha value is -1.06. The van der Waals surface area contributed by atoms with Crippen LogP contribution in [0, 0.1) is 6.92 Å². The zero-order chi connectivity index (χ0) is 5.28. The Labute approximate surface area is 46.5 Å². The fourth-order valence-electron chi connectivity index (χ4n) is 0.304. The van der Waals surface area contributed by atoms with E-state index in [1.165, 1.54) is 0 Å². The van der Waals surface area contributed by atoms with Gasteiger partial charge in [0.05, 0.1) is 0 Å². The minimum Gasteiger partial charge on any atom is -0.393 e. The van der Waals surface area contributed by atoms with E-state index in [-0.39, 0.29) is 7.43 Å². The van der Waals surface area contributed by atoms with Gasteiger partial charge in [-0.05, 0) is 0 Å². The number of hydrogen-bond donors (Lipinski definition) is 1. The van der Waals surface area contributed by atoms with Crippen LogP contribution in [0.1, 0.15) is 13.3 Å². The third-order valence-electron chi connectivity index (χ3n) is 0.545. The first-order valence-corrected chi connectivity index (χ1v) is 1.81. The quantitative estimate of drug-likeness (QED) is 0.530. The first kappa shape index (κ1) is 6.94. The third kappa shape index (κ3) is 1.22. The summed E-state index contributed by atoms with van der Waals surface area (Å²) in [6, 6.07) is 0. The van der Waals surface area contributed by atoms with Crippen LogP contribution >= 0.6 is 0 Å². The van der Waals surface area contributed by atoms with Crippen molar-refractivity contribution in [3.8, 4) is 0 Å². The fraction of sp³-hybridized carbons (Fsp3) is 0.500. The van der Waals surface area contributed by atoms with Crippen LogP contribution in [0.2, 0.25) is 0 Å². The van der Waals surface area contributed by atoms with Gasteiger partial charge < -0.3 is 4.42 Å². The number of aromatic nitrogens is 2. The van der Waals surface area contributed by atoms with Crippen LogP contribution in [0.5, 0.6) is 0 Å². The number of hydrogen-bond acceptors (Lipinski definition) is 3. The SMILES string of the molecule is C.Cc1n[nH]c(=O)o1. The molecule has 1 N–H and O–H groups in total. The fourth-order valence-corrected chi connectivity index (χ4v) is 0.304. The summed E-state index contributed by atoms with van der Waals surface area (Å²) in [5.41, 5.74) is 0. The second-order valence-corrected chi connectivity index (χ2v) is 1.13. The molecular formula is C4H8N2O2. The Bertz CT molecular complexity index is 200. The lowest BCUT2D eigenvalue weighted by molar-refractivity contribution is 0.483. The van der Waals surface area contributed by atoms with Crippen molar-refractivity contribution in [3.63, 3.8) is 0 Å². The maximum atomic E-state index is 10.0. The smallest absolute Gasteiger partial charge is 0.393 e. The Morgan fingerprint density at radius 3 is 2.50 bits per heavy atom. The number of aromatic amines is 1. The van der Waals surface area contributed by atoms with Crippen LogP contribution in [-0.2, 0) is 0 Å². The van der Waals surface area contributed by atoms with Crippen molar-refractivity contribution >= 4 is 0 Å². The monoisotopic (exact) mass is 116 g/mol. The summed E-state index contributed by atoms with van der Waals surface area (Å²) in [4.78, 5) is 10.0. The van der Waals surface area contributed by atoms with E-state index in [0.717, 1.165) is 0 Å². The van der Waals surface area contributed by atoms with Gasteiger partial charge >= 0.3 is 5.76 Å². The lowest BCUT2D eigenvalue weighted by Gasteiger charge is -1.63. The second kappa shape index (κ2) is 2.30. The number of H-pyrrole nitrogens is 1. The number of aryl methyl sites for hydroxylation is 1. The van der Waals surface area contributed by atoms with Gasteiger partial charge in [-0.1, -0.05) is 7.43 Å². The number of nitrogens with zero attached hydrogens (tertiary/aromatic N) is 1. The molecule has 0 aliphatic heterocycles. The van der Waals surface area contributed by atoms with E-state index < -0.39 is 5.76 Å². The molecule has 1 aromatic heterocycles. The normalized spacial score (nSPS) is 8.12. The van der Waals surface area contributed by atoms with Crippen molar-refractivity contribution in [2.24, 2.45) is 0 Å². The minimum absolute atomic E-state index is 0.